The quantitative estimate of drug-likeness (QED) is 0.383. The van der Waals surface area contributed by atoms with E-state index in [1.54, 1.807) is 48.5 Å². The lowest BCUT2D eigenvalue weighted by Crippen LogP contribution is -2.57. The van der Waals surface area contributed by atoms with E-state index in [2.05, 4.69) is 15.0 Å². The fourth-order valence-corrected chi connectivity index (χ4v) is 4.85. The second kappa shape index (κ2) is 9.66. The molecule has 1 aromatic heterocycles. The number of esters is 1. The average Bonchev–Trinajstić information content (AvgIpc) is 3.24. The van der Waals surface area contributed by atoms with Crippen molar-refractivity contribution >= 4 is 11.9 Å². The van der Waals surface area contributed by atoms with Crippen LogP contribution in [0.4, 0.5) is 0 Å². The van der Waals surface area contributed by atoms with Crippen LogP contribution in [0.3, 0.4) is 0 Å². The molecule has 3 atom stereocenters. The Kier molecular flexibility index (Phi) is 6.67. The van der Waals surface area contributed by atoms with E-state index in [0.29, 0.717) is 24.1 Å². The molecule has 0 aliphatic carbocycles. The van der Waals surface area contributed by atoms with Gasteiger partial charge in [0, 0.05) is 12.8 Å². The molecule has 2 heterocycles. The summed E-state index contributed by atoms with van der Waals surface area (Å²) in [6.07, 6.45) is 4.19. The third-order valence-corrected chi connectivity index (χ3v) is 6.71. The maximum atomic E-state index is 13.4. The van der Waals surface area contributed by atoms with Crippen molar-refractivity contribution in [1.82, 2.24) is 15.0 Å². The van der Waals surface area contributed by atoms with E-state index in [9.17, 15) is 14.7 Å². The molecule has 2 unspecified atom stereocenters. The van der Waals surface area contributed by atoms with E-state index in [-0.39, 0.29) is 23.0 Å². The zero-order chi connectivity index (χ0) is 24.2. The van der Waals surface area contributed by atoms with Crippen LogP contribution < -0.4 is 5.73 Å². The molecule has 0 bridgehead atoms. The van der Waals surface area contributed by atoms with Gasteiger partial charge in [-0.25, -0.2) is 19.7 Å². The number of aliphatic hydroxyl groups is 1. The second-order valence-electron chi connectivity index (χ2n) is 8.71. The summed E-state index contributed by atoms with van der Waals surface area (Å²) in [5, 5.41) is 11.6. The van der Waals surface area contributed by atoms with E-state index in [0.717, 1.165) is 6.42 Å². The van der Waals surface area contributed by atoms with Gasteiger partial charge in [-0.2, -0.15) is 0 Å². The molecule has 1 amide bonds. The molecule has 4 rings (SSSR count). The van der Waals surface area contributed by atoms with Crippen molar-refractivity contribution in [1.29, 1.82) is 0 Å². The molecule has 0 radical (unpaired) electrons. The lowest BCUT2D eigenvalue weighted by molar-refractivity contribution is -0.942. The molecule has 9 heteroatoms. The van der Waals surface area contributed by atoms with Crippen LogP contribution in [0.15, 0.2) is 73.3 Å². The van der Waals surface area contributed by atoms with Crippen LogP contribution in [0, 0.1) is 0 Å². The monoisotopic (exact) mass is 462 g/mol. The average molecular weight is 463 g/mol. The second-order valence-corrected chi connectivity index (χ2v) is 8.71. The van der Waals surface area contributed by atoms with E-state index >= 15 is 0 Å². The van der Waals surface area contributed by atoms with Crippen molar-refractivity contribution in [3.8, 4) is 0 Å². The first-order valence-electron chi connectivity index (χ1n) is 11.1. The number of carbonyl (C=O) groups excluding carboxylic acids is 2. The normalized spacial score (nSPS) is 21.1. The smallest absolute Gasteiger partial charge is 0.347 e. The van der Waals surface area contributed by atoms with Gasteiger partial charge in [0.1, 0.15) is 25.3 Å². The Hall–Kier alpha value is -3.69. The highest BCUT2D eigenvalue weighted by atomic mass is 16.6. The summed E-state index contributed by atoms with van der Waals surface area (Å²) in [6, 6.07) is 16.4. The van der Waals surface area contributed by atoms with Crippen molar-refractivity contribution in [2.24, 2.45) is 5.73 Å². The number of amides is 1. The number of quaternary nitrogens is 1. The Labute approximate surface area is 197 Å². The van der Waals surface area contributed by atoms with E-state index in [4.69, 9.17) is 10.5 Å². The zero-order valence-electron chi connectivity index (χ0n) is 18.9. The summed E-state index contributed by atoms with van der Waals surface area (Å²) < 4.78 is 5.96. The van der Waals surface area contributed by atoms with Gasteiger partial charge in [-0.3, -0.25) is 4.79 Å². The Morgan fingerprint density at radius 3 is 2.18 bits per heavy atom. The molecule has 0 saturated carbocycles. The minimum absolute atomic E-state index is 0.00613. The molecule has 1 aliphatic rings. The Bertz CT molecular complexity index is 1090. The third kappa shape index (κ3) is 4.27. The predicted molar refractivity (Wildman–Crippen MR) is 123 cm³/mol. The molecule has 1 aliphatic heterocycles. The van der Waals surface area contributed by atoms with E-state index in [1.165, 1.54) is 12.7 Å². The van der Waals surface area contributed by atoms with Crippen LogP contribution in [0.1, 0.15) is 35.8 Å². The first kappa shape index (κ1) is 23.5. The summed E-state index contributed by atoms with van der Waals surface area (Å²) in [5.41, 5.74) is 4.62. The largest absolute Gasteiger partial charge is 0.457 e. The number of benzene rings is 2. The molecule has 176 valence electrons. The lowest BCUT2D eigenvalue weighted by Gasteiger charge is -2.40. The van der Waals surface area contributed by atoms with Crippen LogP contribution in [-0.2, 0) is 19.9 Å². The summed E-state index contributed by atoms with van der Waals surface area (Å²) in [4.78, 5) is 38.0. The maximum Gasteiger partial charge on any atom is 0.347 e. The molecule has 0 spiro atoms. The number of hydrogen-bond donors (Lipinski definition) is 2. The summed E-state index contributed by atoms with van der Waals surface area (Å²) in [7, 11) is 1.89. The van der Waals surface area contributed by atoms with Crippen LogP contribution in [0.2, 0.25) is 0 Å². The van der Waals surface area contributed by atoms with E-state index < -0.39 is 23.5 Å². The van der Waals surface area contributed by atoms with Gasteiger partial charge in [-0.05, 0) is 11.1 Å². The zero-order valence-corrected chi connectivity index (χ0v) is 18.9. The number of nitrogens with two attached hydrogens (primary N) is 1. The topological polar surface area (TPSA) is 128 Å². The number of likely N-dealkylation sites (tertiary alicyclic amines) is 1. The molecule has 34 heavy (non-hydrogen) atoms. The first-order valence-corrected chi connectivity index (χ1v) is 11.1. The van der Waals surface area contributed by atoms with Crippen molar-refractivity contribution < 1.29 is 23.9 Å². The number of likely N-dealkylation sites (N-methyl/N-ethyl adjacent to an activating group) is 1. The van der Waals surface area contributed by atoms with Gasteiger partial charge >= 0.3 is 5.97 Å². The Balaban J connectivity index is 1.60. The highest BCUT2D eigenvalue weighted by molar-refractivity contribution is 5.85. The molecule has 3 aromatic rings. The molecular weight excluding hydrogens is 434 g/mol. The third-order valence-electron chi connectivity index (χ3n) is 6.71. The summed E-state index contributed by atoms with van der Waals surface area (Å²) in [6.45, 7) is 0.648. The minimum Gasteiger partial charge on any atom is -0.457 e. The van der Waals surface area contributed by atoms with Crippen LogP contribution in [-0.4, -0.2) is 62.7 Å². The van der Waals surface area contributed by atoms with Gasteiger partial charge in [0.05, 0.1) is 13.6 Å². The number of hydrogen-bond acceptors (Lipinski definition) is 7. The highest BCUT2D eigenvalue weighted by Crippen LogP contribution is 2.36. The summed E-state index contributed by atoms with van der Waals surface area (Å²) >= 11 is 0. The number of aromatic nitrogens is 3. The molecule has 2 aromatic carbocycles. The van der Waals surface area contributed by atoms with Gasteiger partial charge in [-0.15, -0.1) is 0 Å². The van der Waals surface area contributed by atoms with Crippen LogP contribution in [0.25, 0.3) is 0 Å². The standard InChI is InChI=1S/C25H27N5O4/c1-30(21(22(26)31)23-28-16-27-17-29-23)14-8-13-20(30)15-34-24(32)25(33,18-9-4-2-5-10-18)19-11-6-3-7-12-19/h2-7,9-12,16-17,20-21,33H,8,13-15H2,1H3,(H-,26,31)/p+1/t20-,21?,30?/m1/s1. The van der Waals surface area contributed by atoms with Crippen LogP contribution in [0.5, 0.6) is 0 Å². The van der Waals surface area contributed by atoms with Gasteiger partial charge < -0.3 is 20.1 Å². The van der Waals surface area contributed by atoms with Gasteiger partial charge in [-0.1, -0.05) is 60.7 Å². The fraction of sp³-hybridized carbons (Fsp3) is 0.320. The minimum atomic E-state index is -1.97. The molecule has 9 nitrogen and oxygen atoms in total. The number of ether oxygens (including phenoxy) is 1. The number of rotatable bonds is 8. The number of carbonyl (C=O) groups is 2. The van der Waals surface area contributed by atoms with Crippen molar-refractivity contribution in [3.05, 3.63) is 90.3 Å². The number of primary amides is 1. The van der Waals surface area contributed by atoms with Gasteiger partial charge in [0.25, 0.3) is 5.91 Å². The molecular formula is C25H28N5O4+. The highest BCUT2D eigenvalue weighted by Gasteiger charge is 2.50. The predicted octanol–water partition coefficient (Wildman–Crippen LogP) is 1.49. The van der Waals surface area contributed by atoms with E-state index in [1.807, 2.05) is 19.2 Å². The van der Waals surface area contributed by atoms with Crippen LogP contribution >= 0.6 is 0 Å². The molecule has 1 saturated heterocycles. The SMILES string of the molecule is C[N+]1(C(C(N)=O)c2ncncn2)CCC[C@@H]1COC(=O)C(O)(c1ccccc1)c1ccccc1. The lowest BCUT2D eigenvalue weighted by atomic mass is 9.86. The fourth-order valence-electron chi connectivity index (χ4n) is 4.85. The summed E-state index contributed by atoms with van der Waals surface area (Å²) in [5.74, 6) is -1.05. The van der Waals surface area contributed by atoms with Gasteiger partial charge in [0.15, 0.2) is 5.82 Å². The molecule has 3 N–H and O–H groups in total. The Morgan fingerprint density at radius 2 is 1.65 bits per heavy atom. The van der Waals surface area contributed by atoms with Crippen molar-refractivity contribution in [3.63, 3.8) is 0 Å². The Morgan fingerprint density at radius 1 is 1.09 bits per heavy atom. The first-order chi connectivity index (χ1) is 16.4. The number of nitrogens with zero attached hydrogens (tertiary/aromatic N) is 4. The van der Waals surface area contributed by atoms with Crippen molar-refractivity contribution in [2.45, 2.75) is 30.5 Å². The van der Waals surface area contributed by atoms with Crippen molar-refractivity contribution in [2.75, 3.05) is 20.2 Å². The van der Waals surface area contributed by atoms with Gasteiger partial charge in [0.2, 0.25) is 11.6 Å². The maximum absolute atomic E-state index is 13.4. The molecule has 1 fully saturated rings.